The molecule has 0 radical (unpaired) electrons. The number of hydrogen-bond donors (Lipinski definition) is 2. The van der Waals surface area contributed by atoms with Crippen LogP contribution in [0.5, 0.6) is 0 Å². The van der Waals surface area contributed by atoms with Gasteiger partial charge in [-0.2, -0.15) is 0 Å². The maximum atomic E-state index is 12.7. The fourth-order valence-electron chi connectivity index (χ4n) is 2.60. The average Bonchev–Trinajstić information content (AvgIpc) is 3.16. The van der Waals surface area contributed by atoms with E-state index in [4.69, 9.17) is 0 Å². The van der Waals surface area contributed by atoms with E-state index >= 15 is 0 Å². The van der Waals surface area contributed by atoms with Crippen LogP contribution in [0.4, 0.5) is 0 Å². The number of hydrogen-bond acceptors (Lipinski definition) is 3. The first-order valence-electron chi connectivity index (χ1n) is 7.15. The Morgan fingerprint density at radius 1 is 1.33 bits per heavy atom. The minimum absolute atomic E-state index is 0.321. The minimum Gasteiger partial charge on any atom is -0.316 e. The van der Waals surface area contributed by atoms with Crippen molar-refractivity contribution in [2.45, 2.75) is 50.6 Å². The maximum absolute atomic E-state index is 12.7. The first-order valence-corrected chi connectivity index (χ1v) is 9.42. The van der Waals surface area contributed by atoms with Gasteiger partial charge in [-0.15, -0.1) is 0 Å². The lowest BCUT2D eigenvalue weighted by molar-refractivity contribution is 0.400. The normalized spacial score (nSPS) is 16.2. The summed E-state index contributed by atoms with van der Waals surface area (Å²) in [6, 6.07) is 3.73. The van der Waals surface area contributed by atoms with Crippen LogP contribution in [0.2, 0.25) is 0 Å². The van der Waals surface area contributed by atoms with Gasteiger partial charge in [-0.05, 0) is 79.7 Å². The highest BCUT2D eigenvalue weighted by Crippen LogP contribution is 2.40. The van der Waals surface area contributed by atoms with Crippen LogP contribution in [0, 0.1) is 12.8 Å². The van der Waals surface area contributed by atoms with Crippen molar-refractivity contribution in [2.24, 2.45) is 5.92 Å². The molecule has 0 atom stereocenters. The van der Waals surface area contributed by atoms with Crippen LogP contribution in [0.1, 0.15) is 37.8 Å². The van der Waals surface area contributed by atoms with Crippen molar-refractivity contribution < 1.29 is 8.42 Å². The molecular formula is C15H23BrN2O2S. The molecule has 118 valence electrons. The lowest BCUT2D eigenvalue weighted by atomic mass is 10.0. The Hall–Kier alpha value is -0.430. The third-order valence-corrected chi connectivity index (χ3v) is 6.96. The molecule has 0 spiro atoms. The van der Waals surface area contributed by atoms with Gasteiger partial charge in [0.2, 0.25) is 10.0 Å². The van der Waals surface area contributed by atoms with Crippen molar-refractivity contribution in [1.29, 1.82) is 0 Å². The van der Waals surface area contributed by atoms with Crippen LogP contribution in [0.25, 0.3) is 0 Å². The zero-order valence-electron chi connectivity index (χ0n) is 13.0. The van der Waals surface area contributed by atoms with Crippen LogP contribution in [0.15, 0.2) is 21.5 Å². The first kappa shape index (κ1) is 16.9. The van der Waals surface area contributed by atoms with Crippen molar-refractivity contribution in [2.75, 3.05) is 7.05 Å². The van der Waals surface area contributed by atoms with E-state index in [0.29, 0.717) is 21.8 Å². The van der Waals surface area contributed by atoms with Crippen molar-refractivity contribution in [3.8, 4) is 0 Å². The van der Waals surface area contributed by atoms with E-state index in [1.54, 1.807) is 6.07 Å². The molecule has 2 rings (SSSR count). The molecule has 1 saturated carbocycles. The third kappa shape index (κ3) is 3.86. The molecule has 2 N–H and O–H groups in total. The summed E-state index contributed by atoms with van der Waals surface area (Å²) in [6.07, 6.45) is 2.19. The molecule has 0 unspecified atom stereocenters. The fraction of sp³-hybridized carbons (Fsp3) is 0.600. The highest BCUT2D eigenvalue weighted by Gasteiger charge is 2.41. The molecule has 1 fully saturated rings. The van der Waals surface area contributed by atoms with Crippen molar-refractivity contribution in [3.63, 3.8) is 0 Å². The Bertz CT molecular complexity index is 637. The molecular weight excluding hydrogens is 352 g/mol. The van der Waals surface area contributed by atoms with Crippen LogP contribution >= 0.6 is 15.9 Å². The van der Waals surface area contributed by atoms with Gasteiger partial charge >= 0.3 is 0 Å². The van der Waals surface area contributed by atoms with E-state index in [-0.39, 0.29) is 0 Å². The molecule has 0 aromatic heterocycles. The number of halogens is 1. The van der Waals surface area contributed by atoms with E-state index in [2.05, 4.69) is 26.0 Å². The van der Waals surface area contributed by atoms with E-state index in [1.165, 1.54) is 0 Å². The molecule has 1 aromatic carbocycles. The van der Waals surface area contributed by atoms with E-state index in [1.807, 2.05) is 33.9 Å². The van der Waals surface area contributed by atoms with E-state index < -0.39 is 15.6 Å². The number of aryl methyl sites for hydroxylation is 1. The van der Waals surface area contributed by atoms with Crippen molar-refractivity contribution in [3.05, 3.63) is 27.7 Å². The Morgan fingerprint density at radius 3 is 2.48 bits per heavy atom. The molecule has 0 heterocycles. The summed E-state index contributed by atoms with van der Waals surface area (Å²) in [6.45, 7) is 6.47. The van der Waals surface area contributed by atoms with Gasteiger partial charge in [-0.25, -0.2) is 13.1 Å². The molecule has 0 amide bonds. The molecule has 1 aliphatic carbocycles. The Morgan fingerprint density at radius 2 is 1.95 bits per heavy atom. The second kappa shape index (κ2) is 5.99. The number of benzene rings is 1. The Kier molecular flexibility index (Phi) is 4.83. The summed E-state index contributed by atoms with van der Waals surface area (Å²) >= 11 is 3.42. The lowest BCUT2D eigenvalue weighted by Crippen LogP contribution is -2.45. The summed E-state index contributed by atoms with van der Waals surface area (Å²) in [5.74, 6) is 0.438. The first-order chi connectivity index (χ1) is 9.67. The highest BCUT2D eigenvalue weighted by atomic mass is 79.9. The standard InChI is InChI=1S/C15H23BrN2O2S/c1-10-7-11(9-17-4)8-13(14(10)16)21(19,20)18-15(2,3)12-5-6-12/h7-8,12,17-18H,5-6,9H2,1-4H3. The summed E-state index contributed by atoms with van der Waals surface area (Å²) in [5.41, 5.74) is 1.49. The average molecular weight is 375 g/mol. The second-order valence-electron chi connectivity index (χ2n) is 6.36. The monoisotopic (exact) mass is 374 g/mol. The van der Waals surface area contributed by atoms with Crippen LogP contribution in [-0.2, 0) is 16.6 Å². The van der Waals surface area contributed by atoms with E-state index in [0.717, 1.165) is 24.0 Å². The maximum Gasteiger partial charge on any atom is 0.242 e. The molecule has 0 aliphatic heterocycles. The molecule has 0 saturated heterocycles. The van der Waals surface area contributed by atoms with Gasteiger partial charge in [0.05, 0.1) is 4.90 Å². The zero-order chi connectivity index (χ0) is 15.8. The van der Waals surface area contributed by atoms with Gasteiger partial charge in [0.25, 0.3) is 0 Å². The summed E-state index contributed by atoms with van der Waals surface area (Å²) in [4.78, 5) is 0.321. The predicted octanol–water partition coefficient (Wildman–Crippen LogP) is 2.94. The van der Waals surface area contributed by atoms with Crippen LogP contribution in [0.3, 0.4) is 0 Å². The summed E-state index contributed by atoms with van der Waals surface area (Å²) in [5, 5.41) is 3.06. The fourth-order valence-corrected chi connectivity index (χ4v) is 5.14. The number of sulfonamides is 1. The molecule has 21 heavy (non-hydrogen) atoms. The number of rotatable bonds is 6. The molecule has 4 nitrogen and oxygen atoms in total. The van der Waals surface area contributed by atoms with Gasteiger partial charge in [-0.3, -0.25) is 0 Å². The zero-order valence-corrected chi connectivity index (χ0v) is 15.4. The topological polar surface area (TPSA) is 58.2 Å². The molecule has 0 bridgehead atoms. The van der Waals surface area contributed by atoms with Gasteiger partial charge in [0.15, 0.2) is 0 Å². The quantitative estimate of drug-likeness (QED) is 0.804. The SMILES string of the molecule is CNCc1cc(C)c(Br)c(S(=O)(=O)NC(C)(C)C2CC2)c1. The highest BCUT2D eigenvalue weighted by molar-refractivity contribution is 9.10. The minimum atomic E-state index is -3.54. The smallest absolute Gasteiger partial charge is 0.242 e. The van der Waals surface area contributed by atoms with Crippen LogP contribution in [-0.4, -0.2) is 21.0 Å². The van der Waals surface area contributed by atoms with Gasteiger partial charge < -0.3 is 5.32 Å². The largest absolute Gasteiger partial charge is 0.316 e. The Balaban J connectivity index is 2.39. The Labute approximate surface area is 135 Å². The van der Waals surface area contributed by atoms with Gasteiger partial charge in [0, 0.05) is 16.6 Å². The van der Waals surface area contributed by atoms with Crippen molar-refractivity contribution in [1.82, 2.24) is 10.0 Å². The predicted molar refractivity (Wildman–Crippen MR) is 88.8 cm³/mol. The summed E-state index contributed by atoms with van der Waals surface area (Å²) < 4.78 is 29.0. The molecule has 1 aromatic rings. The molecule has 1 aliphatic rings. The lowest BCUT2D eigenvalue weighted by Gasteiger charge is -2.26. The van der Waals surface area contributed by atoms with Gasteiger partial charge in [-0.1, -0.05) is 6.07 Å². The third-order valence-electron chi connectivity index (χ3n) is 3.95. The van der Waals surface area contributed by atoms with E-state index in [9.17, 15) is 8.42 Å². The van der Waals surface area contributed by atoms with Crippen molar-refractivity contribution >= 4 is 26.0 Å². The number of nitrogens with one attached hydrogen (secondary N) is 2. The molecule has 6 heteroatoms. The van der Waals surface area contributed by atoms with Gasteiger partial charge in [0.1, 0.15) is 0 Å². The van der Waals surface area contributed by atoms with Crippen LogP contribution < -0.4 is 10.0 Å². The summed E-state index contributed by atoms with van der Waals surface area (Å²) in [7, 11) is -1.69. The second-order valence-corrected chi connectivity index (χ2v) is 8.80.